The number of carbonyl (C=O) groups is 1. The van der Waals surface area contributed by atoms with Crippen LogP contribution in [0, 0.1) is 0 Å². The summed E-state index contributed by atoms with van der Waals surface area (Å²) < 4.78 is 16.1. The minimum atomic E-state index is -4.84. The van der Waals surface area contributed by atoms with E-state index in [1.54, 1.807) is 31.4 Å². The predicted octanol–water partition coefficient (Wildman–Crippen LogP) is 2.31. The van der Waals surface area contributed by atoms with Crippen molar-refractivity contribution in [1.82, 2.24) is 0 Å². The van der Waals surface area contributed by atoms with Crippen LogP contribution >= 0.6 is 7.60 Å². The maximum atomic E-state index is 11.6. The molecule has 0 saturated carbocycles. The van der Waals surface area contributed by atoms with Crippen molar-refractivity contribution in [3.63, 3.8) is 0 Å². The lowest BCUT2D eigenvalue weighted by atomic mass is 10.0. The van der Waals surface area contributed by atoms with Crippen LogP contribution in [0.25, 0.3) is 0 Å². The summed E-state index contributed by atoms with van der Waals surface area (Å²) in [5, 5.41) is 9.85. The van der Waals surface area contributed by atoms with Gasteiger partial charge in [0.1, 0.15) is 11.5 Å². The molecule has 0 heterocycles. The second-order valence-electron chi connectivity index (χ2n) is 4.72. The Balaban J connectivity index is 2.30. The molecule has 0 fully saturated rings. The van der Waals surface area contributed by atoms with Gasteiger partial charge in [0, 0.05) is 12.0 Å². The van der Waals surface area contributed by atoms with Crippen molar-refractivity contribution in [3.8, 4) is 11.5 Å². The Morgan fingerprint density at radius 1 is 1.14 bits per heavy atom. The minimum absolute atomic E-state index is 0.0434. The van der Waals surface area contributed by atoms with Gasteiger partial charge in [-0.3, -0.25) is 9.36 Å². The molecule has 0 amide bonds. The highest BCUT2D eigenvalue weighted by molar-refractivity contribution is 7.70. The van der Waals surface area contributed by atoms with Gasteiger partial charge in [-0.2, -0.15) is 0 Å². The molecule has 0 aromatic heterocycles. The van der Waals surface area contributed by atoms with Crippen molar-refractivity contribution >= 4 is 13.1 Å². The van der Waals surface area contributed by atoms with E-state index in [1.165, 1.54) is 18.2 Å². The molecule has 0 bridgehead atoms. The van der Waals surface area contributed by atoms with Crippen molar-refractivity contribution in [2.45, 2.75) is 6.42 Å². The quantitative estimate of drug-likeness (QED) is 0.730. The summed E-state index contributed by atoms with van der Waals surface area (Å²) in [5.41, 5.74) is -0.125. The van der Waals surface area contributed by atoms with Crippen molar-refractivity contribution in [3.05, 3.63) is 59.2 Å². The van der Waals surface area contributed by atoms with Crippen molar-refractivity contribution in [1.29, 1.82) is 0 Å². The lowest BCUT2D eigenvalue weighted by Gasteiger charge is -2.09. The summed E-state index contributed by atoms with van der Waals surface area (Å²) >= 11 is 0. The highest BCUT2D eigenvalue weighted by atomic mass is 31.2. The Morgan fingerprint density at radius 2 is 1.77 bits per heavy atom. The van der Waals surface area contributed by atoms with Gasteiger partial charge in [-0.1, -0.05) is 12.1 Å². The second-order valence-corrected chi connectivity index (χ2v) is 6.21. The normalized spacial score (nSPS) is 11.2. The predicted molar refractivity (Wildman–Crippen MR) is 80.3 cm³/mol. The number of phenolic OH excluding ortho intramolecular Hbond substituents is 1. The molecule has 2 aromatic carbocycles. The Kier molecular flexibility index (Phi) is 4.66. The zero-order valence-electron chi connectivity index (χ0n) is 11.8. The third-order valence-electron chi connectivity index (χ3n) is 3.14. The van der Waals surface area contributed by atoms with Gasteiger partial charge in [0.15, 0.2) is 0 Å². The lowest BCUT2D eigenvalue weighted by molar-refractivity contribution is 0.104. The third kappa shape index (κ3) is 3.74. The number of benzene rings is 2. The Labute approximate surface area is 127 Å². The smallest absolute Gasteiger partial charge is 0.396 e. The van der Waals surface area contributed by atoms with Crippen LogP contribution in [0.15, 0.2) is 42.5 Å². The highest BCUT2D eigenvalue weighted by Crippen LogP contribution is 2.39. The van der Waals surface area contributed by atoms with E-state index in [4.69, 9.17) is 14.5 Å². The average molecular weight is 322 g/mol. The summed E-state index contributed by atoms with van der Waals surface area (Å²) in [4.78, 5) is 29.5. The molecule has 0 aliphatic heterocycles. The monoisotopic (exact) mass is 322 g/mol. The number of rotatable bonds is 5. The fourth-order valence-corrected chi connectivity index (χ4v) is 2.47. The standard InChI is InChI=1S/C15H15O6P/c1-21-13-5-2-10(3-6-13)8-12-9-11(4-7-14(12)16)15(17)22(18,19)20/h2-7,9,16H,8H2,1H3,(H2,18,19,20). The van der Waals surface area contributed by atoms with Crippen LogP contribution < -0.4 is 4.74 Å². The molecule has 2 aromatic rings. The van der Waals surface area contributed by atoms with Crippen molar-refractivity contribution < 1.29 is 29.0 Å². The van der Waals surface area contributed by atoms with E-state index in [1.807, 2.05) is 0 Å². The number of hydrogen-bond acceptors (Lipinski definition) is 4. The van der Waals surface area contributed by atoms with Crippen LogP contribution in [-0.2, 0) is 11.0 Å². The maximum Gasteiger partial charge on any atom is 0.396 e. The number of ether oxygens (including phenoxy) is 1. The Hall–Kier alpha value is -2.14. The zero-order valence-corrected chi connectivity index (χ0v) is 12.7. The van der Waals surface area contributed by atoms with Crippen LogP contribution in [0.2, 0.25) is 0 Å². The van der Waals surface area contributed by atoms with Gasteiger partial charge in [0.25, 0.3) is 5.52 Å². The van der Waals surface area contributed by atoms with Gasteiger partial charge >= 0.3 is 7.60 Å². The van der Waals surface area contributed by atoms with Crippen LogP contribution in [0.4, 0.5) is 0 Å². The molecule has 0 aliphatic carbocycles. The molecule has 0 aliphatic rings. The molecule has 116 valence electrons. The Morgan fingerprint density at radius 3 is 2.32 bits per heavy atom. The molecule has 0 spiro atoms. The molecule has 22 heavy (non-hydrogen) atoms. The zero-order chi connectivity index (χ0) is 16.3. The first kappa shape index (κ1) is 16.2. The fourth-order valence-electron chi connectivity index (χ4n) is 1.99. The van der Waals surface area contributed by atoms with Gasteiger partial charge in [-0.25, -0.2) is 0 Å². The first-order valence-corrected chi connectivity index (χ1v) is 7.98. The van der Waals surface area contributed by atoms with Gasteiger partial charge in [0.2, 0.25) is 0 Å². The number of aromatic hydroxyl groups is 1. The lowest BCUT2D eigenvalue weighted by Crippen LogP contribution is -2.01. The summed E-state index contributed by atoms with van der Waals surface area (Å²) in [6.45, 7) is 0. The van der Waals surface area contributed by atoms with E-state index in [0.717, 1.165) is 5.56 Å². The highest BCUT2D eigenvalue weighted by Gasteiger charge is 2.27. The van der Waals surface area contributed by atoms with Crippen molar-refractivity contribution in [2.75, 3.05) is 7.11 Å². The Bertz CT molecular complexity index is 732. The van der Waals surface area contributed by atoms with Crippen LogP contribution in [0.3, 0.4) is 0 Å². The van der Waals surface area contributed by atoms with Crippen LogP contribution in [0.1, 0.15) is 21.5 Å². The largest absolute Gasteiger partial charge is 0.508 e. The summed E-state index contributed by atoms with van der Waals surface area (Å²) in [6, 6.07) is 10.9. The van der Waals surface area contributed by atoms with Crippen molar-refractivity contribution in [2.24, 2.45) is 0 Å². The van der Waals surface area contributed by atoms with Gasteiger partial charge in [-0.15, -0.1) is 0 Å². The van der Waals surface area contributed by atoms with E-state index >= 15 is 0 Å². The molecule has 0 unspecified atom stereocenters. The van der Waals surface area contributed by atoms with E-state index in [-0.39, 0.29) is 11.3 Å². The molecule has 2 rings (SSSR count). The SMILES string of the molecule is COc1ccc(Cc2cc(C(=O)P(=O)(O)O)ccc2O)cc1. The molecular weight excluding hydrogens is 307 g/mol. The number of hydrogen-bond donors (Lipinski definition) is 3. The summed E-state index contributed by atoms with van der Waals surface area (Å²) in [5.74, 6) is 0.650. The molecule has 0 radical (unpaired) electrons. The second kappa shape index (κ2) is 6.32. The first-order valence-electron chi connectivity index (χ1n) is 6.36. The van der Waals surface area contributed by atoms with Crippen LogP contribution in [0.5, 0.6) is 11.5 Å². The summed E-state index contributed by atoms with van der Waals surface area (Å²) in [7, 11) is -3.29. The molecule has 7 heteroatoms. The van der Waals surface area contributed by atoms with E-state index in [0.29, 0.717) is 17.7 Å². The number of methoxy groups -OCH3 is 1. The summed E-state index contributed by atoms with van der Waals surface area (Å²) in [6.07, 6.45) is 0.318. The molecule has 3 N–H and O–H groups in total. The van der Waals surface area contributed by atoms with E-state index < -0.39 is 13.1 Å². The minimum Gasteiger partial charge on any atom is -0.508 e. The van der Waals surface area contributed by atoms with Gasteiger partial charge in [0.05, 0.1) is 7.11 Å². The number of carbonyl (C=O) groups excluding carboxylic acids is 1. The fraction of sp³-hybridized carbons (Fsp3) is 0.133. The van der Waals surface area contributed by atoms with Gasteiger partial charge < -0.3 is 19.6 Å². The number of phenols is 1. The first-order chi connectivity index (χ1) is 10.3. The molecule has 0 atom stereocenters. The third-order valence-corrected chi connectivity index (χ3v) is 3.93. The molecule has 0 saturated heterocycles. The molecule has 6 nitrogen and oxygen atoms in total. The topological polar surface area (TPSA) is 104 Å². The maximum absolute atomic E-state index is 11.6. The average Bonchev–Trinajstić information content (AvgIpc) is 2.48. The van der Waals surface area contributed by atoms with E-state index in [2.05, 4.69) is 0 Å². The van der Waals surface area contributed by atoms with Crippen LogP contribution in [-0.4, -0.2) is 27.5 Å². The van der Waals surface area contributed by atoms with E-state index in [9.17, 15) is 14.5 Å². The molecular formula is C15H15O6P. The van der Waals surface area contributed by atoms with Gasteiger partial charge in [-0.05, 0) is 41.5 Å².